The molecule has 2 fully saturated rings. The molecule has 0 saturated carbocycles. The highest BCUT2D eigenvalue weighted by atomic mass is 35.5. The van der Waals surface area contributed by atoms with Crippen LogP contribution in [0.2, 0.25) is 0 Å². The van der Waals surface area contributed by atoms with Crippen LogP contribution in [0.25, 0.3) is 0 Å². The molecule has 2 saturated heterocycles. The van der Waals surface area contributed by atoms with Crippen LogP contribution in [0.1, 0.15) is 12.8 Å². The molecule has 2 heterocycles. The summed E-state index contributed by atoms with van der Waals surface area (Å²) in [5, 5.41) is 5.94. The summed E-state index contributed by atoms with van der Waals surface area (Å²) >= 11 is 0. The van der Waals surface area contributed by atoms with Crippen LogP contribution < -0.4 is 15.4 Å². The normalized spacial score (nSPS) is 19.8. The second-order valence-corrected chi connectivity index (χ2v) is 5.96. The molecule has 0 aliphatic carbocycles. The van der Waals surface area contributed by atoms with E-state index in [2.05, 4.69) is 10.6 Å². The monoisotopic (exact) mass is 369 g/mol. The molecule has 8 heteroatoms. The van der Waals surface area contributed by atoms with Crippen LogP contribution in [0.5, 0.6) is 5.75 Å². The van der Waals surface area contributed by atoms with E-state index < -0.39 is 6.10 Å². The Balaban J connectivity index is 0.00000225. The van der Waals surface area contributed by atoms with E-state index in [-0.39, 0.29) is 30.8 Å². The van der Waals surface area contributed by atoms with Crippen LogP contribution in [-0.2, 0) is 14.3 Å². The predicted molar refractivity (Wildman–Crippen MR) is 96.2 cm³/mol. The molecule has 7 nitrogen and oxygen atoms in total. The molecule has 25 heavy (non-hydrogen) atoms. The van der Waals surface area contributed by atoms with Gasteiger partial charge in [-0.25, -0.2) is 0 Å². The fourth-order valence-corrected chi connectivity index (χ4v) is 2.82. The van der Waals surface area contributed by atoms with Gasteiger partial charge in [0.25, 0.3) is 11.8 Å². The number of morpholine rings is 1. The van der Waals surface area contributed by atoms with Gasteiger partial charge in [0.05, 0.1) is 6.61 Å². The number of ether oxygens (including phenoxy) is 2. The van der Waals surface area contributed by atoms with Crippen molar-refractivity contribution < 1.29 is 19.1 Å². The van der Waals surface area contributed by atoms with Crippen molar-refractivity contribution >= 4 is 29.9 Å². The summed E-state index contributed by atoms with van der Waals surface area (Å²) in [7, 11) is 0. The molecule has 0 bridgehead atoms. The molecular formula is C17H24ClN3O4. The smallest absolute Gasteiger partial charge is 0.260 e. The Labute approximate surface area is 153 Å². The van der Waals surface area contributed by atoms with E-state index in [0.29, 0.717) is 24.6 Å². The molecule has 2 aliphatic heterocycles. The lowest BCUT2D eigenvalue weighted by molar-refractivity contribution is -0.132. The predicted octanol–water partition coefficient (Wildman–Crippen LogP) is 1.04. The molecule has 2 aliphatic rings. The first kappa shape index (κ1) is 19.5. The average Bonchev–Trinajstić information content (AvgIpc) is 3.15. The van der Waals surface area contributed by atoms with Crippen LogP contribution in [0.4, 0.5) is 5.69 Å². The second-order valence-electron chi connectivity index (χ2n) is 5.96. The van der Waals surface area contributed by atoms with Gasteiger partial charge in [0.15, 0.2) is 6.61 Å². The zero-order valence-electron chi connectivity index (χ0n) is 14.0. The topological polar surface area (TPSA) is 79.9 Å². The van der Waals surface area contributed by atoms with E-state index in [1.807, 2.05) is 4.90 Å². The average molecular weight is 370 g/mol. The lowest BCUT2D eigenvalue weighted by Gasteiger charge is -2.22. The molecule has 1 atom stereocenters. The fraction of sp³-hybridized carbons (Fsp3) is 0.529. The minimum atomic E-state index is -0.486. The molecule has 1 aromatic carbocycles. The second kappa shape index (κ2) is 9.60. The van der Waals surface area contributed by atoms with Crippen LogP contribution in [0.3, 0.4) is 0 Å². The highest BCUT2D eigenvalue weighted by Gasteiger charge is 2.22. The number of carbonyl (C=O) groups excluding carboxylic acids is 2. The number of benzene rings is 1. The van der Waals surface area contributed by atoms with Crippen molar-refractivity contribution in [3.8, 4) is 5.75 Å². The lowest BCUT2D eigenvalue weighted by atomic mass is 10.2. The summed E-state index contributed by atoms with van der Waals surface area (Å²) in [5.41, 5.74) is 0.625. The zero-order chi connectivity index (χ0) is 16.8. The van der Waals surface area contributed by atoms with Gasteiger partial charge in [0.1, 0.15) is 11.9 Å². The minimum absolute atomic E-state index is 0. The highest BCUT2D eigenvalue weighted by molar-refractivity contribution is 5.94. The first-order chi connectivity index (χ1) is 11.7. The number of nitrogens with one attached hydrogen (secondary N) is 2. The van der Waals surface area contributed by atoms with E-state index in [0.717, 1.165) is 32.5 Å². The third-order valence-corrected chi connectivity index (χ3v) is 4.14. The quantitative estimate of drug-likeness (QED) is 0.810. The summed E-state index contributed by atoms with van der Waals surface area (Å²) in [5.74, 6) is 0.374. The summed E-state index contributed by atoms with van der Waals surface area (Å²) in [6, 6.07) is 7.05. The van der Waals surface area contributed by atoms with Crippen molar-refractivity contribution in [1.29, 1.82) is 0 Å². The summed E-state index contributed by atoms with van der Waals surface area (Å²) in [4.78, 5) is 26.0. The van der Waals surface area contributed by atoms with Crippen LogP contribution in [-0.4, -0.2) is 62.2 Å². The maximum Gasteiger partial charge on any atom is 0.260 e. The fourth-order valence-electron chi connectivity index (χ4n) is 2.82. The summed E-state index contributed by atoms with van der Waals surface area (Å²) in [6.45, 7) is 3.44. The maximum atomic E-state index is 12.1. The minimum Gasteiger partial charge on any atom is -0.484 e. The Kier molecular flexibility index (Phi) is 7.49. The molecule has 3 rings (SSSR count). The number of hydrogen-bond donors (Lipinski definition) is 2. The number of nitrogens with zero attached hydrogens (tertiary/aromatic N) is 1. The maximum absolute atomic E-state index is 12.1. The van der Waals surface area contributed by atoms with E-state index in [9.17, 15) is 9.59 Å². The first-order valence-corrected chi connectivity index (χ1v) is 8.36. The van der Waals surface area contributed by atoms with Gasteiger partial charge in [-0.15, -0.1) is 12.4 Å². The SMILES string of the molecule is Cl.O=C(Nc1cccc(OCC(=O)N2CCCC2)c1)C1CNCCO1. The van der Waals surface area contributed by atoms with Gasteiger partial charge in [0, 0.05) is 37.9 Å². The van der Waals surface area contributed by atoms with Crippen molar-refractivity contribution in [3.05, 3.63) is 24.3 Å². The largest absolute Gasteiger partial charge is 0.484 e. The zero-order valence-corrected chi connectivity index (χ0v) is 14.8. The first-order valence-electron chi connectivity index (χ1n) is 8.36. The van der Waals surface area contributed by atoms with E-state index in [4.69, 9.17) is 9.47 Å². The Morgan fingerprint density at radius 2 is 2.12 bits per heavy atom. The number of rotatable bonds is 5. The van der Waals surface area contributed by atoms with Crippen molar-refractivity contribution in [2.45, 2.75) is 18.9 Å². The van der Waals surface area contributed by atoms with Crippen molar-refractivity contribution in [2.24, 2.45) is 0 Å². The number of likely N-dealkylation sites (tertiary alicyclic amines) is 1. The molecule has 0 spiro atoms. The molecule has 0 radical (unpaired) electrons. The number of carbonyl (C=O) groups is 2. The number of anilines is 1. The Bertz CT molecular complexity index is 587. The third kappa shape index (κ3) is 5.59. The highest BCUT2D eigenvalue weighted by Crippen LogP contribution is 2.18. The Morgan fingerprint density at radius 3 is 2.84 bits per heavy atom. The van der Waals surface area contributed by atoms with Gasteiger partial charge in [-0.1, -0.05) is 6.07 Å². The number of hydrogen-bond acceptors (Lipinski definition) is 5. The van der Waals surface area contributed by atoms with Crippen LogP contribution in [0, 0.1) is 0 Å². The molecule has 0 aromatic heterocycles. The van der Waals surface area contributed by atoms with Gasteiger partial charge in [-0.2, -0.15) is 0 Å². The molecule has 1 aromatic rings. The van der Waals surface area contributed by atoms with Crippen LogP contribution >= 0.6 is 12.4 Å². The van der Waals surface area contributed by atoms with Crippen molar-refractivity contribution in [1.82, 2.24) is 10.2 Å². The van der Waals surface area contributed by atoms with Crippen molar-refractivity contribution in [2.75, 3.05) is 44.7 Å². The Morgan fingerprint density at radius 1 is 1.32 bits per heavy atom. The van der Waals surface area contributed by atoms with Gasteiger partial charge < -0.3 is 25.0 Å². The lowest BCUT2D eigenvalue weighted by Crippen LogP contribution is -2.45. The summed E-state index contributed by atoms with van der Waals surface area (Å²) in [6.07, 6.45) is 1.64. The van der Waals surface area contributed by atoms with Gasteiger partial charge >= 0.3 is 0 Å². The van der Waals surface area contributed by atoms with E-state index in [1.165, 1.54) is 0 Å². The molecule has 2 N–H and O–H groups in total. The van der Waals surface area contributed by atoms with E-state index >= 15 is 0 Å². The van der Waals surface area contributed by atoms with Gasteiger partial charge in [-0.3, -0.25) is 9.59 Å². The Hall–Kier alpha value is -1.83. The van der Waals surface area contributed by atoms with Crippen LogP contribution in [0.15, 0.2) is 24.3 Å². The number of amides is 2. The molecular weight excluding hydrogens is 346 g/mol. The van der Waals surface area contributed by atoms with Gasteiger partial charge in [0.2, 0.25) is 0 Å². The number of halogens is 1. The summed E-state index contributed by atoms with van der Waals surface area (Å²) < 4.78 is 11.0. The molecule has 1 unspecified atom stereocenters. The molecule has 2 amide bonds. The standard InChI is InChI=1S/C17H23N3O4.ClH/c21-16(20-7-1-2-8-20)12-24-14-5-3-4-13(10-14)19-17(22)15-11-18-6-9-23-15;/h3-5,10,15,18H,1-2,6-9,11-12H2,(H,19,22);1H. The van der Waals surface area contributed by atoms with Crippen molar-refractivity contribution in [3.63, 3.8) is 0 Å². The van der Waals surface area contributed by atoms with Gasteiger partial charge in [-0.05, 0) is 25.0 Å². The third-order valence-electron chi connectivity index (χ3n) is 4.14. The molecule has 138 valence electrons. The van der Waals surface area contributed by atoms with E-state index in [1.54, 1.807) is 24.3 Å².